The molecular weight excluding hydrogens is 338 g/mol. The molecule has 0 aliphatic heterocycles. The van der Waals surface area contributed by atoms with E-state index in [1.165, 1.54) is 27.0 Å². The molecule has 0 aliphatic rings. The molecule has 0 saturated carbocycles. The fraction of sp³-hybridized carbons (Fsp3) is 0.0909. The number of fused-ring (bicyclic) bond motifs is 2. The Morgan fingerprint density at radius 2 is 1.77 bits per heavy atom. The van der Waals surface area contributed by atoms with Gasteiger partial charge in [-0.3, -0.25) is 0 Å². The van der Waals surface area contributed by atoms with E-state index >= 15 is 0 Å². The van der Waals surface area contributed by atoms with E-state index in [4.69, 9.17) is 4.98 Å². The van der Waals surface area contributed by atoms with Crippen molar-refractivity contribution in [3.8, 4) is 16.3 Å². The van der Waals surface area contributed by atoms with E-state index in [2.05, 4.69) is 83.0 Å². The standard InChI is InChI=1S/C22H18N3S/c1-2-24-15-25(17-8-4-3-5-9-17)19-13-12-16(14-20(19)24)22-23-18-10-6-7-11-21(18)26-22/h3-15H,2H2,1H3/q+1. The van der Waals surface area contributed by atoms with Gasteiger partial charge in [-0.05, 0) is 49.4 Å². The summed E-state index contributed by atoms with van der Waals surface area (Å²) < 4.78 is 5.77. The number of aromatic nitrogens is 3. The molecule has 0 N–H and O–H groups in total. The fourth-order valence-corrected chi connectivity index (χ4v) is 4.36. The van der Waals surface area contributed by atoms with Gasteiger partial charge in [0.05, 0.1) is 16.8 Å². The molecule has 0 atom stereocenters. The van der Waals surface area contributed by atoms with Crippen molar-refractivity contribution in [3.63, 3.8) is 0 Å². The van der Waals surface area contributed by atoms with Gasteiger partial charge in [0.25, 0.3) is 0 Å². The first-order valence-electron chi connectivity index (χ1n) is 8.79. The summed E-state index contributed by atoms with van der Waals surface area (Å²) in [5.74, 6) is 0. The van der Waals surface area contributed by atoms with Crippen molar-refractivity contribution in [1.29, 1.82) is 0 Å². The largest absolute Gasteiger partial charge is 0.249 e. The lowest BCUT2D eigenvalue weighted by atomic mass is 10.2. The van der Waals surface area contributed by atoms with Crippen LogP contribution in [-0.2, 0) is 6.54 Å². The van der Waals surface area contributed by atoms with E-state index in [0.717, 1.165) is 17.1 Å². The molecule has 26 heavy (non-hydrogen) atoms. The lowest BCUT2D eigenvalue weighted by molar-refractivity contribution is -0.668. The molecule has 0 amide bonds. The lowest BCUT2D eigenvalue weighted by Crippen LogP contribution is -2.30. The maximum atomic E-state index is 4.81. The number of para-hydroxylation sites is 2. The van der Waals surface area contributed by atoms with E-state index < -0.39 is 0 Å². The Bertz CT molecular complexity index is 1190. The topological polar surface area (TPSA) is 21.7 Å². The highest BCUT2D eigenvalue weighted by Gasteiger charge is 2.18. The zero-order chi connectivity index (χ0) is 17.5. The minimum Gasteiger partial charge on any atom is -0.236 e. The highest BCUT2D eigenvalue weighted by atomic mass is 32.1. The van der Waals surface area contributed by atoms with Crippen LogP contribution in [0.4, 0.5) is 0 Å². The second kappa shape index (κ2) is 6.07. The maximum Gasteiger partial charge on any atom is 0.249 e. The number of rotatable bonds is 3. The minimum absolute atomic E-state index is 0.930. The monoisotopic (exact) mass is 356 g/mol. The van der Waals surface area contributed by atoms with E-state index in [0.29, 0.717) is 0 Å². The van der Waals surface area contributed by atoms with Crippen LogP contribution in [0.1, 0.15) is 6.92 Å². The first kappa shape index (κ1) is 15.3. The number of imidazole rings is 1. The smallest absolute Gasteiger partial charge is 0.236 e. The third-order valence-electron chi connectivity index (χ3n) is 4.72. The molecule has 0 bridgehead atoms. The molecule has 0 spiro atoms. The normalized spacial score (nSPS) is 11.4. The van der Waals surface area contributed by atoms with Crippen LogP contribution < -0.4 is 4.57 Å². The van der Waals surface area contributed by atoms with Crippen LogP contribution >= 0.6 is 11.3 Å². The van der Waals surface area contributed by atoms with Crippen molar-refractivity contribution >= 4 is 32.6 Å². The average Bonchev–Trinajstić information content (AvgIpc) is 3.29. The van der Waals surface area contributed by atoms with E-state index in [9.17, 15) is 0 Å². The van der Waals surface area contributed by atoms with Crippen molar-refractivity contribution in [1.82, 2.24) is 9.55 Å². The van der Waals surface area contributed by atoms with Crippen LogP contribution in [0.3, 0.4) is 0 Å². The van der Waals surface area contributed by atoms with Crippen molar-refractivity contribution < 1.29 is 4.57 Å². The Morgan fingerprint density at radius 1 is 0.962 bits per heavy atom. The Labute approximate surface area is 155 Å². The summed E-state index contributed by atoms with van der Waals surface area (Å²) in [5.41, 5.74) is 5.86. The molecule has 0 saturated heterocycles. The summed E-state index contributed by atoms with van der Waals surface area (Å²) in [7, 11) is 0. The molecule has 0 aliphatic carbocycles. The number of thiazole rings is 1. The van der Waals surface area contributed by atoms with Crippen LogP contribution in [-0.4, -0.2) is 9.55 Å². The average molecular weight is 356 g/mol. The first-order valence-corrected chi connectivity index (χ1v) is 9.61. The maximum absolute atomic E-state index is 4.81. The van der Waals surface area contributed by atoms with Gasteiger partial charge in [0.15, 0.2) is 11.0 Å². The number of hydrogen-bond donors (Lipinski definition) is 0. The Kier molecular flexibility index (Phi) is 3.57. The number of hydrogen-bond acceptors (Lipinski definition) is 2. The molecule has 5 aromatic rings. The summed E-state index contributed by atoms with van der Waals surface area (Å²) >= 11 is 1.75. The van der Waals surface area contributed by atoms with Gasteiger partial charge in [-0.15, -0.1) is 11.3 Å². The van der Waals surface area contributed by atoms with Gasteiger partial charge in [-0.25, -0.2) is 9.55 Å². The van der Waals surface area contributed by atoms with Crippen molar-refractivity contribution in [2.24, 2.45) is 0 Å². The molecule has 0 unspecified atom stereocenters. The first-order chi connectivity index (χ1) is 12.8. The molecule has 4 heteroatoms. The third kappa shape index (κ3) is 2.42. The summed E-state index contributed by atoms with van der Waals surface area (Å²) in [4.78, 5) is 4.81. The van der Waals surface area contributed by atoms with Gasteiger partial charge in [0.2, 0.25) is 6.33 Å². The van der Waals surface area contributed by atoms with Gasteiger partial charge in [0, 0.05) is 5.56 Å². The molecule has 3 nitrogen and oxygen atoms in total. The number of nitrogens with zero attached hydrogens (tertiary/aromatic N) is 3. The Hall–Kier alpha value is -2.98. The van der Waals surface area contributed by atoms with Gasteiger partial charge in [0.1, 0.15) is 10.7 Å². The Morgan fingerprint density at radius 3 is 2.58 bits per heavy atom. The van der Waals surface area contributed by atoms with Crippen molar-refractivity contribution in [2.75, 3.05) is 0 Å². The lowest BCUT2D eigenvalue weighted by Gasteiger charge is -1.98. The zero-order valence-corrected chi connectivity index (χ0v) is 15.3. The molecule has 3 aromatic carbocycles. The van der Waals surface area contributed by atoms with Gasteiger partial charge in [-0.2, -0.15) is 4.57 Å². The predicted octanol–water partition coefficient (Wildman–Crippen LogP) is 5.21. The van der Waals surface area contributed by atoms with Crippen LogP contribution in [0.15, 0.2) is 79.1 Å². The van der Waals surface area contributed by atoms with E-state index in [-0.39, 0.29) is 0 Å². The summed E-state index contributed by atoms with van der Waals surface area (Å²) in [6.07, 6.45) is 2.18. The van der Waals surface area contributed by atoms with E-state index in [1.54, 1.807) is 11.3 Å². The van der Waals surface area contributed by atoms with E-state index in [1.807, 2.05) is 12.1 Å². The quantitative estimate of drug-likeness (QED) is 0.406. The summed E-state index contributed by atoms with van der Waals surface area (Å²) in [6, 6.07) is 25.4. The van der Waals surface area contributed by atoms with Crippen LogP contribution in [0.5, 0.6) is 0 Å². The van der Waals surface area contributed by atoms with Gasteiger partial charge >= 0.3 is 0 Å². The third-order valence-corrected chi connectivity index (χ3v) is 5.80. The molecule has 0 fully saturated rings. The van der Waals surface area contributed by atoms with Crippen LogP contribution in [0, 0.1) is 0 Å². The molecule has 126 valence electrons. The summed E-state index contributed by atoms with van der Waals surface area (Å²) in [5, 5.41) is 1.07. The fourth-order valence-electron chi connectivity index (χ4n) is 3.40. The van der Waals surface area contributed by atoms with Crippen LogP contribution in [0.2, 0.25) is 0 Å². The molecule has 5 rings (SSSR count). The Balaban J connectivity index is 1.70. The zero-order valence-electron chi connectivity index (χ0n) is 14.5. The molecular formula is C22H18N3S+. The highest BCUT2D eigenvalue weighted by molar-refractivity contribution is 7.21. The minimum atomic E-state index is 0.930. The molecule has 2 aromatic heterocycles. The van der Waals surface area contributed by atoms with Gasteiger partial charge < -0.3 is 0 Å². The molecule has 2 heterocycles. The number of aryl methyl sites for hydroxylation is 1. The highest BCUT2D eigenvalue weighted by Crippen LogP contribution is 2.31. The second-order valence-electron chi connectivity index (χ2n) is 6.30. The SMILES string of the molecule is CC[n+]1cn(-c2ccccc2)c2ccc(-c3nc4ccccc4s3)cc21. The van der Waals surface area contributed by atoms with Crippen molar-refractivity contribution in [2.45, 2.75) is 13.5 Å². The summed E-state index contributed by atoms with van der Waals surface area (Å²) in [6.45, 7) is 3.11. The van der Waals surface area contributed by atoms with Crippen LogP contribution in [0.25, 0.3) is 37.5 Å². The molecule has 0 radical (unpaired) electrons. The van der Waals surface area contributed by atoms with Gasteiger partial charge in [-0.1, -0.05) is 30.3 Å². The predicted molar refractivity (Wildman–Crippen MR) is 108 cm³/mol. The van der Waals surface area contributed by atoms with Crippen molar-refractivity contribution in [3.05, 3.63) is 79.1 Å². The second-order valence-corrected chi connectivity index (χ2v) is 7.33. The number of benzene rings is 3.